The fourth-order valence-corrected chi connectivity index (χ4v) is 14.7. The molecular formula is C29H26O2SSi. The quantitative estimate of drug-likeness (QED) is 0.243. The Morgan fingerprint density at radius 1 is 0.727 bits per heavy atom. The van der Waals surface area contributed by atoms with Gasteiger partial charge in [-0.1, -0.05) is 121 Å². The topological polar surface area (TPSA) is 26.3 Å². The first-order valence-electron chi connectivity index (χ1n) is 11.2. The lowest BCUT2D eigenvalue weighted by Gasteiger charge is -2.58. The maximum absolute atomic E-state index is 13.3. The third-order valence-electron chi connectivity index (χ3n) is 6.83. The van der Waals surface area contributed by atoms with E-state index < -0.39 is 12.4 Å². The summed E-state index contributed by atoms with van der Waals surface area (Å²) in [7, 11) is -1.30. The fourth-order valence-electron chi connectivity index (χ4n) is 5.47. The number of carbonyl (C=O) groups is 1. The lowest BCUT2D eigenvalue weighted by molar-refractivity contribution is -0.145. The van der Waals surface area contributed by atoms with E-state index in [2.05, 4.69) is 115 Å². The molecule has 0 bridgehead atoms. The molecule has 1 aliphatic heterocycles. The molecular weight excluding hydrogens is 440 g/mol. The van der Waals surface area contributed by atoms with Gasteiger partial charge in [-0.3, -0.25) is 4.79 Å². The molecule has 0 aliphatic carbocycles. The van der Waals surface area contributed by atoms with Gasteiger partial charge in [-0.05, 0) is 21.1 Å². The maximum atomic E-state index is 13.3. The third kappa shape index (κ3) is 3.28. The average Bonchev–Trinajstić information content (AvgIpc) is 2.88. The molecule has 1 saturated heterocycles. The van der Waals surface area contributed by atoms with Gasteiger partial charge < -0.3 is 4.74 Å². The normalized spacial score (nSPS) is 20.0. The first-order chi connectivity index (χ1) is 16.2. The van der Waals surface area contributed by atoms with Crippen LogP contribution in [-0.2, 0) is 13.9 Å². The number of hydrogen-bond acceptors (Lipinski definition) is 3. The Morgan fingerprint density at radius 2 is 1.12 bits per heavy atom. The van der Waals surface area contributed by atoms with E-state index in [0.717, 1.165) is 5.75 Å². The standard InChI is InChI=1S/C29H26O2SSi/c1-31-28(30)27-22-32-29(27,23-14-6-2-7-15-23)33(24-16-8-3-9-17-24,25-18-10-4-11-19-25)26-20-12-5-13-21-26/h2-21,27H,22H2,1H3/t27-,29-/m0/s1. The summed E-state index contributed by atoms with van der Waals surface area (Å²) in [6.07, 6.45) is 0. The van der Waals surface area contributed by atoms with Crippen molar-refractivity contribution in [3.05, 3.63) is 127 Å². The molecule has 1 fully saturated rings. The number of methoxy groups -OCH3 is 1. The average molecular weight is 467 g/mol. The summed E-state index contributed by atoms with van der Waals surface area (Å²) in [5.74, 6) is 0.391. The summed E-state index contributed by atoms with van der Waals surface area (Å²) in [5.41, 5.74) is 1.19. The van der Waals surface area contributed by atoms with Crippen molar-refractivity contribution in [1.29, 1.82) is 0 Å². The minimum absolute atomic E-state index is 0.128. The maximum Gasteiger partial charge on any atom is 0.311 e. The molecule has 164 valence electrons. The van der Waals surface area contributed by atoms with Gasteiger partial charge >= 0.3 is 5.97 Å². The van der Waals surface area contributed by atoms with Crippen molar-refractivity contribution in [1.82, 2.24) is 0 Å². The predicted molar refractivity (Wildman–Crippen MR) is 140 cm³/mol. The van der Waals surface area contributed by atoms with Gasteiger partial charge in [-0.2, -0.15) is 11.8 Å². The molecule has 0 saturated carbocycles. The summed E-state index contributed by atoms with van der Waals surface area (Å²) in [6, 6.07) is 43.1. The Morgan fingerprint density at radius 3 is 1.45 bits per heavy atom. The van der Waals surface area contributed by atoms with Crippen LogP contribution in [-0.4, -0.2) is 26.9 Å². The highest BCUT2D eigenvalue weighted by Crippen LogP contribution is 2.58. The highest BCUT2D eigenvalue weighted by atomic mass is 32.2. The Bertz CT molecular complexity index is 1120. The van der Waals surface area contributed by atoms with Crippen LogP contribution in [0.5, 0.6) is 0 Å². The molecule has 0 radical (unpaired) electrons. The molecule has 1 heterocycles. The van der Waals surface area contributed by atoms with E-state index >= 15 is 0 Å². The number of thioether (sulfide) groups is 1. The van der Waals surface area contributed by atoms with E-state index in [1.165, 1.54) is 28.2 Å². The van der Waals surface area contributed by atoms with Crippen molar-refractivity contribution in [3.8, 4) is 0 Å². The highest BCUT2D eigenvalue weighted by molar-refractivity contribution is 8.04. The van der Waals surface area contributed by atoms with Crippen molar-refractivity contribution in [2.24, 2.45) is 5.92 Å². The second kappa shape index (κ2) is 9.04. The van der Waals surface area contributed by atoms with E-state index in [-0.39, 0.29) is 11.9 Å². The summed E-state index contributed by atoms with van der Waals surface area (Å²) in [6.45, 7) is 0. The lowest BCUT2D eigenvalue weighted by Crippen LogP contribution is -2.82. The fraction of sp³-hybridized carbons (Fsp3) is 0.138. The first kappa shape index (κ1) is 21.7. The van der Waals surface area contributed by atoms with Crippen LogP contribution in [0.3, 0.4) is 0 Å². The predicted octanol–water partition coefficient (Wildman–Crippen LogP) is 4.13. The Kier molecular flexibility index (Phi) is 5.96. The van der Waals surface area contributed by atoms with Gasteiger partial charge in [0.1, 0.15) is 0 Å². The molecule has 5 rings (SSSR count). The molecule has 0 unspecified atom stereocenters. The van der Waals surface area contributed by atoms with Gasteiger partial charge in [0, 0.05) is 5.75 Å². The summed E-state index contributed by atoms with van der Waals surface area (Å²) in [5, 5.41) is 3.90. The molecule has 0 N–H and O–H groups in total. The van der Waals surface area contributed by atoms with Crippen LogP contribution >= 0.6 is 11.8 Å². The van der Waals surface area contributed by atoms with Crippen molar-refractivity contribution in [2.45, 2.75) is 4.37 Å². The van der Waals surface area contributed by atoms with Crippen LogP contribution < -0.4 is 15.6 Å². The Labute approximate surface area is 200 Å². The molecule has 1 aliphatic rings. The Balaban J connectivity index is 1.96. The molecule has 2 atom stereocenters. The van der Waals surface area contributed by atoms with Crippen molar-refractivity contribution in [2.75, 3.05) is 12.9 Å². The van der Waals surface area contributed by atoms with Crippen LogP contribution in [0.4, 0.5) is 0 Å². The van der Waals surface area contributed by atoms with Crippen LogP contribution in [0.2, 0.25) is 0 Å². The van der Waals surface area contributed by atoms with Gasteiger partial charge in [-0.25, -0.2) is 0 Å². The molecule has 0 aromatic heterocycles. The molecule has 4 aromatic carbocycles. The number of carbonyl (C=O) groups excluding carboxylic acids is 1. The molecule has 33 heavy (non-hydrogen) atoms. The zero-order valence-corrected chi connectivity index (χ0v) is 20.4. The smallest absolute Gasteiger partial charge is 0.311 e. The van der Waals surface area contributed by atoms with E-state index in [1.807, 2.05) is 17.8 Å². The molecule has 0 amide bonds. The number of ether oxygens (including phenoxy) is 1. The largest absolute Gasteiger partial charge is 0.469 e. The van der Waals surface area contributed by atoms with Gasteiger partial charge in [-0.15, -0.1) is 0 Å². The number of benzene rings is 4. The van der Waals surface area contributed by atoms with Crippen LogP contribution in [0.25, 0.3) is 0 Å². The van der Waals surface area contributed by atoms with Crippen LogP contribution in [0, 0.1) is 5.92 Å². The van der Waals surface area contributed by atoms with Crippen LogP contribution in [0.15, 0.2) is 121 Å². The van der Waals surface area contributed by atoms with E-state index in [1.54, 1.807) is 0 Å². The second-order valence-electron chi connectivity index (χ2n) is 8.34. The van der Waals surface area contributed by atoms with E-state index in [4.69, 9.17) is 4.74 Å². The SMILES string of the molecule is COC(=O)[C@@H]1CS[C@@]1(c1ccccc1)[Si](c1ccccc1)(c1ccccc1)c1ccccc1. The zero-order chi connectivity index (χ0) is 22.7. The summed E-state index contributed by atoms with van der Waals surface area (Å²) >= 11 is 1.91. The van der Waals surface area contributed by atoms with Crippen molar-refractivity contribution >= 4 is 41.4 Å². The number of hydrogen-bond donors (Lipinski definition) is 0. The van der Waals surface area contributed by atoms with Crippen molar-refractivity contribution in [3.63, 3.8) is 0 Å². The first-order valence-corrected chi connectivity index (χ1v) is 14.2. The minimum atomic E-state index is -2.81. The van der Waals surface area contributed by atoms with Gasteiger partial charge in [0.15, 0.2) is 8.07 Å². The van der Waals surface area contributed by atoms with Crippen molar-refractivity contribution < 1.29 is 9.53 Å². The number of rotatable bonds is 6. The molecule has 4 aromatic rings. The second-order valence-corrected chi connectivity index (χ2v) is 14.0. The molecule has 0 spiro atoms. The highest BCUT2D eigenvalue weighted by Gasteiger charge is 2.68. The molecule has 4 heteroatoms. The van der Waals surface area contributed by atoms with E-state index in [9.17, 15) is 4.79 Å². The van der Waals surface area contributed by atoms with Gasteiger partial charge in [0.25, 0.3) is 0 Å². The van der Waals surface area contributed by atoms with Gasteiger partial charge in [0.2, 0.25) is 0 Å². The number of esters is 1. The zero-order valence-electron chi connectivity index (χ0n) is 18.6. The van der Waals surface area contributed by atoms with E-state index in [0.29, 0.717) is 0 Å². The lowest BCUT2D eigenvalue weighted by atomic mass is 9.98. The Hall–Kier alpha value is -3.08. The minimum Gasteiger partial charge on any atom is -0.469 e. The summed E-state index contributed by atoms with van der Waals surface area (Å²) < 4.78 is 4.96. The van der Waals surface area contributed by atoms with Gasteiger partial charge in [0.05, 0.1) is 17.4 Å². The third-order valence-corrected chi connectivity index (χ3v) is 15.0. The summed E-state index contributed by atoms with van der Waals surface area (Å²) in [4.78, 5) is 13.3. The monoisotopic (exact) mass is 466 g/mol. The molecule has 2 nitrogen and oxygen atoms in total. The van der Waals surface area contributed by atoms with Crippen LogP contribution in [0.1, 0.15) is 5.56 Å².